The van der Waals surface area contributed by atoms with Crippen molar-refractivity contribution in [2.24, 2.45) is 0 Å². The number of amides is 3. The molecule has 10 heteroatoms. The van der Waals surface area contributed by atoms with Crippen molar-refractivity contribution in [2.45, 2.75) is 4.90 Å². The molecule has 6 rings (SSSR count). The van der Waals surface area contributed by atoms with Crippen molar-refractivity contribution < 1.29 is 14.4 Å². The average molecular weight is 675 g/mol. The first-order chi connectivity index (χ1) is 22.9. The molecule has 0 aliphatic carbocycles. The van der Waals surface area contributed by atoms with Gasteiger partial charge in [0.2, 0.25) is 5.91 Å². The maximum atomic E-state index is 13.6. The number of rotatable bonds is 10. The van der Waals surface area contributed by atoms with Crippen LogP contribution >= 0.6 is 34.7 Å². The lowest BCUT2D eigenvalue weighted by Gasteiger charge is -2.13. The number of nitrogens with one attached hydrogen (secondary N) is 3. The molecule has 0 atom stereocenters. The van der Waals surface area contributed by atoms with Crippen LogP contribution in [0.2, 0.25) is 5.02 Å². The number of benzene rings is 5. The van der Waals surface area contributed by atoms with E-state index >= 15 is 0 Å². The van der Waals surface area contributed by atoms with Gasteiger partial charge in [-0.05, 0) is 58.8 Å². The third-order valence-electron chi connectivity index (χ3n) is 7.01. The van der Waals surface area contributed by atoms with E-state index in [1.165, 1.54) is 23.1 Å². The fourth-order valence-corrected chi connectivity index (χ4v) is 6.48. The highest BCUT2D eigenvalue weighted by atomic mass is 35.5. The summed E-state index contributed by atoms with van der Waals surface area (Å²) in [5.74, 6) is -0.965. The molecule has 0 radical (unpaired) electrons. The summed E-state index contributed by atoms with van der Waals surface area (Å²) in [5.41, 5.74) is 3.32. The van der Waals surface area contributed by atoms with Crippen molar-refractivity contribution in [3.8, 4) is 11.3 Å². The lowest BCUT2D eigenvalue weighted by molar-refractivity contribution is -0.114. The number of thiazole rings is 1. The number of hydrogen-bond donors (Lipinski definition) is 3. The first-order valence-electron chi connectivity index (χ1n) is 14.5. The van der Waals surface area contributed by atoms with Crippen LogP contribution in [0.4, 0.5) is 10.8 Å². The van der Waals surface area contributed by atoms with Gasteiger partial charge in [0.15, 0.2) is 5.13 Å². The van der Waals surface area contributed by atoms with Crippen molar-refractivity contribution in [3.05, 3.63) is 149 Å². The number of aromatic nitrogens is 1. The van der Waals surface area contributed by atoms with Crippen molar-refractivity contribution >= 4 is 80.1 Å². The number of anilines is 2. The van der Waals surface area contributed by atoms with Gasteiger partial charge in [-0.15, -0.1) is 23.1 Å². The molecule has 0 saturated carbocycles. The van der Waals surface area contributed by atoms with Crippen molar-refractivity contribution in [1.82, 2.24) is 10.3 Å². The van der Waals surface area contributed by atoms with Crippen LogP contribution in [0.3, 0.4) is 0 Å². The Morgan fingerprint density at radius 3 is 2.40 bits per heavy atom. The van der Waals surface area contributed by atoms with Crippen LogP contribution in [0, 0.1) is 0 Å². The van der Waals surface area contributed by atoms with Crippen LogP contribution in [-0.4, -0.2) is 28.5 Å². The number of fused-ring (bicyclic) bond motifs is 1. The fraction of sp³-hybridized carbons (Fsp3) is 0.0270. The van der Waals surface area contributed by atoms with E-state index in [0.717, 1.165) is 26.8 Å². The highest BCUT2D eigenvalue weighted by Gasteiger charge is 2.16. The Morgan fingerprint density at radius 2 is 1.55 bits per heavy atom. The van der Waals surface area contributed by atoms with Crippen LogP contribution in [0.15, 0.2) is 137 Å². The molecule has 0 spiro atoms. The molecular weight excluding hydrogens is 648 g/mol. The van der Waals surface area contributed by atoms with Gasteiger partial charge in [0.05, 0.1) is 11.4 Å². The average Bonchev–Trinajstić information content (AvgIpc) is 3.56. The molecule has 5 aromatic carbocycles. The van der Waals surface area contributed by atoms with E-state index in [1.807, 2.05) is 78.2 Å². The number of carbonyl (C=O) groups is 3. The van der Waals surface area contributed by atoms with Crippen LogP contribution in [0.5, 0.6) is 0 Å². The molecule has 47 heavy (non-hydrogen) atoms. The largest absolute Gasteiger partial charge is 0.321 e. The Morgan fingerprint density at radius 1 is 0.809 bits per heavy atom. The summed E-state index contributed by atoms with van der Waals surface area (Å²) < 4.78 is 0. The van der Waals surface area contributed by atoms with Crippen molar-refractivity contribution in [3.63, 3.8) is 0 Å². The number of carbonyl (C=O) groups excluding carboxylic acids is 3. The highest BCUT2D eigenvalue weighted by Crippen LogP contribution is 2.30. The molecule has 0 fully saturated rings. The summed E-state index contributed by atoms with van der Waals surface area (Å²) >= 11 is 8.93. The molecule has 1 aromatic heterocycles. The fourth-order valence-electron chi connectivity index (χ4n) is 4.76. The summed E-state index contributed by atoms with van der Waals surface area (Å²) in [6, 6.07) is 37.0. The Balaban J connectivity index is 1.14. The van der Waals surface area contributed by atoms with Gasteiger partial charge in [-0.3, -0.25) is 14.4 Å². The molecule has 3 amide bonds. The molecule has 1 heterocycles. The van der Waals surface area contributed by atoms with Gasteiger partial charge in [0.25, 0.3) is 11.8 Å². The minimum atomic E-state index is -0.486. The van der Waals surface area contributed by atoms with E-state index in [2.05, 4.69) is 20.9 Å². The number of thioether (sulfide) groups is 1. The van der Waals surface area contributed by atoms with Gasteiger partial charge in [-0.25, -0.2) is 4.98 Å². The second kappa shape index (κ2) is 14.9. The van der Waals surface area contributed by atoms with Gasteiger partial charge >= 0.3 is 0 Å². The molecule has 3 N–H and O–H groups in total. The van der Waals surface area contributed by atoms with E-state index in [9.17, 15) is 14.4 Å². The lowest BCUT2D eigenvalue weighted by atomic mass is 10.0. The summed E-state index contributed by atoms with van der Waals surface area (Å²) in [6.45, 7) is 0. The van der Waals surface area contributed by atoms with Gasteiger partial charge in [0, 0.05) is 32.1 Å². The topological polar surface area (TPSA) is 100 Å². The zero-order valence-corrected chi connectivity index (χ0v) is 27.2. The normalized spacial score (nSPS) is 11.2. The van der Waals surface area contributed by atoms with Gasteiger partial charge in [-0.2, -0.15) is 0 Å². The number of halogens is 1. The summed E-state index contributed by atoms with van der Waals surface area (Å²) in [5, 5.41) is 13.4. The molecule has 6 aromatic rings. The Labute approximate surface area is 284 Å². The van der Waals surface area contributed by atoms with Crippen molar-refractivity contribution in [2.75, 3.05) is 16.4 Å². The molecular formula is C37H27ClN4O3S2. The SMILES string of the molecule is O=C(CSc1cccc(NC(=O)/C(=C\c2cccc3ccccc23)NC(=O)c2ccccc2)c1)Nc1nc(-c2ccccc2Cl)cs1. The minimum Gasteiger partial charge on any atom is -0.321 e. The zero-order valence-electron chi connectivity index (χ0n) is 24.8. The van der Waals surface area contributed by atoms with Crippen LogP contribution in [-0.2, 0) is 9.59 Å². The predicted molar refractivity (Wildman–Crippen MR) is 193 cm³/mol. The molecule has 0 aliphatic heterocycles. The van der Waals surface area contributed by atoms with Crippen LogP contribution < -0.4 is 16.0 Å². The predicted octanol–water partition coefficient (Wildman–Crippen LogP) is 8.76. The van der Waals surface area contributed by atoms with E-state index < -0.39 is 11.8 Å². The highest BCUT2D eigenvalue weighted by molar-refractivity contribution is 8.00. The standard InChI is InChI=1S/C37H27ClN4O3S2/c38-31-19-7-6-18-30(31)33-22-47-37(41-33)42-34(43)23-46-28-16-9-15-27(21-28)39-36(45)32(40-35(44)25-11-2-1-3-12-25)20-26-14-8-13-24-10-4-5-17-29(24)26/h1-22H,23H2,(H,39,45)(H,40,44)(H,41,42,43)/b32-20+. The molecule has 0 aliphatic rings. The van der Waals surface area contributed by atoms with Crippen LogP contribution in [0.1, 0.15) is 15.9 Å². The van der Waals surface area contributed by atoms with Gasteiger partial charge < -0.3 is 16.0 Å². The molecule has 7 nitrogen and oxygen atoms in total. The summed E-state index contributed by atoms with van der Waals surface area (Å²) in [7, 11) is 0. The van der Waals surface area contributed by atoms with E-state index in [0.29, 0.717) is 27.1 Å². The maximum Gasteiger partial charge on any atom is 0.272 e. The minimum absolute atomic E-state index is 0.0900. The molecule has 0 saturated heterocycles. The Kier molecular flexibility index (Phi) is 10.1. The first-order valence-corrected chi connectivity index (χ1v) is 16.8. The maximum absolute atomic E-state index is 13.6. The number of nitrogens with zero attached hydrogens (tertiary/aromatic N) is 1. The monoisotopic (exact) mass is 674 g/mol. The van der Waals surface area contributed by atoms with Gasteiger partial charge in [0.1, 0.15) is 5.70 Å². The van der Waals surface area contributed by atoms with E-state index in [1.54, 1.807) is 54.6 Å². The zero-order chi connectivity index (χ0) is 32.6. The molecule has 0 bridgehead atoms. The first kappa shape index (κ1) is 31.7. The quantitative estimate of drug-likeness (QED) is 0.0997. The third kappa shape index (κ3) is 8.14. The molecule has 0 unspecified atom stereocenters. The molecule has 232 valence electrons. The van der Waals surface area contributed by atoms with Crippen LogP contribution in [0.25, 0.3) is 28.1 Å². The van der Waals surface area contributed by atoms with Gasteiger partial charge in [-0.1, -0.05) is 96.5 Å². The summed E-state index contributed by atoms with van der Waals surface area (Å²) in [4.78, 5) is 44.8. The van der Waals surface area contributed by atoms with E-state index in [4.69, 9.17) is 11.6 Å². The Hall–Kier alpha value is -5.22. The second-order valence-electron chi connectivity index (χ2n) is 10.3. The van der Waals surface area contributed by atoms with E-state index in [-0.39, 0.29) is 17.4 Å². The Bertz CT molecular complexity index is 2110. The smallest absolute Gasteiger partial charge is 0.272 e. The second-order valence-corrected chi connectivity index (χ2v) is 12.6. The summed E-state index contributed by atoms with van der Waals surface area (Å²) in [6.07, 6.45) is 1.68. The number of hydrogen-bond acceptors (Lipinski definition) is 6. The van der Waals surface area contributed by atoms with Crippen molar-refractivity contribution in [1.29, 1.82) is 0 Å². The third-order valence-corrected chi connectivity index (χ3v) is 9.10. The lowest BCUT2D eigenvalue weighted by Crippen LogP contribution is -2.30.